The lowest BCUT2D eigenvalue weighted by molar-refractivity contribution is 0.198. The minimum Gasteiger partial charge on any atom is -0.298 e. The van der Waals surface area contributed by atoms with Crippen molar-refractivity contribution in [3.05, 3.63) is 95.1 Å². The first-order valence-corrected chi connectivity index (χ1v) is 9.89. The number of aromatic nitrogens is 2. The third kappa shape index (κ3) is 4.81. The SMILES string of the molecule is Cc1cccc(Cc2cccc([C@H]3CCCN(Cc4ccncc4)C3)n2)c1. The number of hydrogen-bond acceptors (Lipinski definition) is 3. The van der Waals surface area contributed by atoms with Gasteiger partial charge < -0.3 is 0 Å². The van der Waals surface area contributed by atoms with Crippen molar-refractivity contribution >= 4 is 0 Å². The van der Waals surface area contributed by atoms with Gasteiger partial charge in [0.15, 0.2) is 0 Å². The fourth-order valence-electron chi connectivity index (χ4n) is 4.04. The van der Waals surface area contributed by atoms with Crippen molar-refractivity contribution in [2.24, 2.45) is 0 Å². The summed E-state index contributed by atoms with van der Waals surface area (Å²) in [6.45, 7) is 5.40. The summed E-state index contributed by atoms with van der Waals surface area (Å²) in [5, 5.41) is 0. The minimum atomic E-state index is 0.526. The van der Waals surface area contributed by atoms with Gasteiger partial charge in [-0.25, -0.2) is 0 Å². The van der Waals surface area contributed by atoms with Gasteiger partial charge in [0, 0.05) is 49.2 Å². The Morgan fingerprint density at radius 3 is 2.70 bits per heavy atom. The van der Waals surface area contributed by atoms with E-state index in [0.717, 1.165) is 19.5 Å². The van der Waals surface area contributed by atoms with Crippen LogP contribution in [0.3, 0.4) is 0 Å². The zero-order valence-electron chi connectivity index (χ0n) is 16.0. The Morgan fingerprint density at radius 1 is 1.00 bits per heavy atom. The van der Waals surface area contributed by atoms with E-state index in [0.29, 0.717) is 5.92 Å². The van der Waals surface area contributed by atoms with Crippen molar-refractivity contribution in [3.8, 4) is 0 Å². The molecule has 0 aliphatic carbocycles. The van der Waals surface area contributed by atoms with Crippen LogP contribution in [-0.2, 0) is 13.0 Å². The van der Waals surface area contributed by atoms with Crippen LogP contribution in [0.4, 0.5) is 0 Å². The maximum atomic E-state index is 5.03. The van der Waals surface area contributed by atoms with Gasteiger partial charge in [0.05, 0.1) is 0 Å². The molecule has 0 unspecified atom stereocenters. The number of piperidine rings is 1. The van der Waals surface area contributed by atoms with Crippen molar-refractivity contribution in [2.75, 3.05) is 13.1 Å². The van der Waals surface area contributed by atoms with E-state index in [4.69, 9.17) is 4.98 Å². The molecule has 0 saturated carbocycles. The molecular weight excluding hydrogens is 330 g/mol. The van der Waals surface area contributed by atoms with E-state index in [9.17, 15) is 0 Å². The second kappa shape index (κ2) is 8.45. The lowest BCUT2D eigenvalue weighted by atomic mass is 9.93. The van der Waals surface area contributed by atoms with Crippen LogP contribution in [0.25, 0.3) is 0 Å². The van der Waals surface area contributed by atoms with E-state index in [1.54, 1.807) is 0 Å². The van der Waals surface area contributed by atoms with Crippen LogP contribution < -0.4 is 0 Å². The number of pyridine rings is 2. The van der Waals surface area contributed by atoms with Crippen molar-refractivity contribution in [3.63, 3.8) is 0 Å². The van der Waals surface area contributed by atoms with Crippen molar-refractivity contribution in [2.45, 2.75) is 38.6 Å². The van der Waals surface area contributed by atoms with Crippen molar-refractivity contribution < 1.29 is 0 Å². The molecule has 1 saturated heterocycles. The highest BCUT2D eigenvalue weighted by Crippen LogP contribution is 2.27. The molecule has 1 aliphatic rings. The third-order valence-corrected chi connectivity index (χ3v) is 5.38. The van der Waals surface area contributed by atoms with Gasteiger partial charge in [-0.1, -0.05) is 35.9 Å². The second-order valence-corrected chi connectivity index (χ2v) is 7.65. The first-order chi connectivity index (χ1) is 13.3. The Labute approximate surface area is 162 Å². The molecule has 0 radical (unpaired) electrons. The predicted octanol–water partition coefficient (Wildman–Crippen LogP) is 4.76. The summed E-state index contributed by atoms with van der Waals surface area (Å²) in [5.41, 5.74) is 6.40. The van der Waals surface area contributed by atoms with E-state index in [1.807, 2.05) is 12.4 Å². The van der Waals surface area contributed by atoms with Gasteiger partial charge in [-0.3, -0.25) is 14.9 Å². The van der Waals surface area contributed by atoms with E-state index < -0.39 is 0 Å². The molecule has 1 aliphatic heterocycles. The first-order valence-electron chi connectivity index (χ1n) is 9.89. The first kappa shape index (κ1) is 17.9. The normalized spacial score (nSPS) is 17.7. The van der Waals surface area contributed by atoms with Crippen LogP contribution in [0, 0.1) is 6.92 Å². The summed E-state index contributed by atoms with van der Waals surface area (Å²) < 4.78 is 0. The smallest absolute Gasteiger partial charge is 0.0450 e. The van der Waals surface area contributed by atoms with Gasteiger partial charge >= 0.3 is 0 Å². The molecule has 0 amide bonds. The Bertz CT molecular complexity index is 876. The molecule has 0 N–H and O–H groups in total. The molecular formula is C24H27N3. The number of hydrogen-bond donors (Lipinski definition) is 0. The Kier molecular flexibility index (Phi) is 5.59. The Hall–Kier alpha value is -2.52. The molecule has 0 bridgehead atoms. The number of benzene rings is 1. The number of rotatable bonds is 5. The van der Waals surface area contributed by atoms with E-state index in [2.05, 4.69) is 71.4 Å². The molecule has 3 aromatic rings. The maximum Gasteiger partial charge on any atom is 0.0450 e. The van der Waals surface area contributed by atoms with Gasteiger partial charge in [-0.2, -0.15) is 0 Å². The molecule has 3 heterocycles. The van der Waals surface area contributed by atoms with Crippen LogP contribution in [0.2, 0.25) is 0 Å². The number of likely N-dealkylation sites (tertiary alicyclic amines) is 1. The van der Waals surface area contributed by atoms with E-state index in [1.165, 1.54) is 47.5 Å². The highest BCUT2D eigenvalue weighted by molar-refractivity contribution is 5.27. The summed E-state index contributed by atoms with van der Waals surface area (Å²) in [5.74, 6) is 0.526. The Morgan fingerprint density at radius 2 is 1.85 bits per heavy atom. The summed E-state index contributed by atoms with van der Waals surface area (Å²) in [4.78, 5) is 11.7. The topological polar surface area (TPSA) is 29.0 Å². The minimum absolute atomic E-state index is 0.526. The fourth-order valence-corrected chi connectivity index (χ4v) is 4.04. The Balaban J connectivity index is 1.44. The zero-order valence-corrected chi connectivity index (χ0v) is 16.0. The van der Waals surface area contributed by atoms with E-state index >= 15 is 0 Å². The number of nitrogens with zero attached hydrogens (tertiary/aromatic N) is 3. The predicted molar refractivity (Wildman–Crippen MR) is 110 cm³/mol. The molecule has 3 heteroatoms. The highest BCUT2D eigenvalue weighted by atomic mass is 15.1. The molecule has 1 aromatic carbocycles. The average molecular weight is 358 g/mol. The lowest BCUT2D eigenvalue weighted by Crippen LogP contribution is -2.34. The van der Waals surface area contributed by atoms with Crippen LogP contribution in [0.1, 0.15) is 46.8 Å². The van der Waals surface area contributed by atoms with Crippen LogP contribution in [0.15, 0.2) is 67.0 Å². The molecule has 3 nitrogen and oxygen atoms in total. The van der Waals surface area contributed by atoms with Gasteiger partial charge in [-0.15, -0.1) is 0 Å². The van der Waals surface area contributed by atoms with Gasteiger partial charge in [-0.05, 0) is 61.7 Å². The van der Waals surface area contributed by atoms with Gasteiger partial charge in [0.25, 0.3) is 0 Å². The third-order valence-electron chi connectivity index (χ3n) is 5.38. The molecule has 138 valence electrons. The molecule has 1 atom stereocenters. The van der Waals surface area contributed by atoms with Crippen LogP contribution in [0.5, 0.6) is 0 Å². The quantitative estimate of drug-likeness (QED) is 0.659. The van der Waals surface area contributed by atoms with Gasteiger partial charge in [0.2, 0.25) is 0 Å². The molecule has 1 fully saturated rings. The molecule has 4 rings (SSSR count). The van der Waals surface area contributed by atoms with Crippen LogP contribution in [-0.4, -0.2) is 28.0 Å². The lowest BCUT2D eigenvalue weighted by Gasteiger charge is -2.32. The average Bonchev–Trinajstić information content (AvgIpc) is 2.69. The van der Waals surface area contributed by atoms with Crippen molar-refractivity contribution in [1.29, 1.82) is 0 Å². The summed E-state index contributed by atoms with van der Waals surface area (Å²) >= 11 is 0. The van der Waals surface area contributed by atoms with E-state index in [-0.39, 0.29) is 0 Å². The summed E-state index contributed by atoms with van der Waals surface area (Å²) in [6.07, 6.45) is 7.14. The molecule has 27 heavy (non-hydrogen) atoms. The van der Waals surface area contributed by atoms with Crippen molar-refractivity contribution in [1.82, 2.24) is 14.9 Å². The summed E-state index contributed by atoms with van der Waals surface area (Å²) in [6, 6.07) is 19.5. The largest absolute Gasteiger partial charge is 0.298 e. The summed E-state index contributed by atoms with van der Waals surface area (Å²) in [7, 11) is 0. The number of aryl methyl sites for hydroxylation is 1. The zero-order chi connectivity index (χ0) is 18.5. The van der Waals surface area contributed by atoms with Gasteiger partial charge in [0.1, 0.15) is 0 Å². The fraction of sp³-hybridized carbons (Fsp3) is 0.333. The van der Waals surface area contributed by atoms with Crippen LogP contribution >= 0.6 is 0 Å². The maximum absolute atomic E-state index is 5.03. The monoisotopic (exact) mass is 357 g/mol. The highest BCUT2D eigenvalue weighted by Gasteiger charge is 2.22. The molecule has 2 aromatic heterocycles. The molecule has 0 spiro atoms. The standard InChI is InChI=1S/C24H27N3/c1-19-5-2-6-21(15-19)16-23-8-3-9-24(26-23)22-7-4-14-27(18-22)17-20-10-12-25-13-11-20/h2-3,5-6,8-13,15,22H,4,7,14,16-18H2,1H3/t22-/m0/s1. The second-order valence-electron chi connectivity index (χ2n) is 7.65.